The van der Waals surface area contributed by atoms with Crippen LogP contribution in [0.1, 0.15) is 34.3 Å². The predicted molar refractivity (Wildman–Crippen MR) is 106 cm³/mol. The second kappa shape index (κ2) is 8.49. The molecule has 0 aliphatic carbocycles. The summed E-state index contributed by atoms with van der Waals surface area (Å²) in [5.74, 6) is -1.92. The Hall–Kier alpha value is -3.47. The molecule has 1 aromatic carbocycles. The number of ketones is 1. The number of primary amides is 1. The lowest BCUT2D eigenvalue weighted by Gasteiger charge is -2.26. The van der Waals surface area contributed by atoms with Gasteiger partial charge in [0.1, 0.15) is 28.2 Å². The fraction of sp³-hybridized carbons (Fsp3) is 0.158. The number of benzene rings is 1. The average molecular weight is 435 g/mol. The number of hydrogen-bond donors (Lipinski definition) is 2. The van der Waals surface area contributed by atoms with Gasteiger partial charge < -0.3 is 16.4 Å². The molecule has 11 heteroatoms. The van der Waals surface area contributed by atoms with Crippen molar-refractivity contribution < 1.29 is 22.8 Å². The number of amides is 1. The molecule has 2 aromatic heterocycles. The Balaban J connectivity index is 2.03. The van der Waals surface area contributed by atoms with E-state index in [9.17, 15) is 22.8 Å². The van der Waals surface area contributed by atoms with Gasteiger partial charge in [-0.1, -0.05) is 11.3 Å². The van der Waals surface area contributed by atoms with Crippen LogP contribution in [0.4, 0.5) is 29.8 Å². The second-order valence-corrected chi connectivity index (χ2v) is 7.21. The fourth-order valence-electron chi connectivity index (χ4n) is 2.65. The van der Waals surface area contributed by atoms with E-state index in [1.807, 2.05) is 0 Å². The Labute approximate surface area is 173 Å². The number of nitrogens with two attached hydrogens (primary N) is 2. The van der Waals surface area contributed by atoms with Crippen LogP contribution in [-0.2, 0) is 4.79 Å². The van der Waals surface area contributed by atoms with Gasteiger partial charge in [0.2, 0.25) is 11.7 Å². The third kappa shape index (κ3) is 4.25. The predicted octanol–water partition coefficient (Wildman–Crippen LogP) is 3.44. The van der Waals surface area contributed by atoms with Crippen LogP contribution in [0.15, 0.2) is 42.6 Å². The zero-order valence-electron chi connectivity index (χ0n) is 15.6. The van der Waals surface area contributed by atoms with E-state index in [0.29, 0.717) is 5.69 Å². The molecule has 0 aliphatic heterocycles. The highest BCUT2D eigenvalue weighted by atomic mass is 32.1. The van der Waals surface area contributed by atoms with Crippen molar-refractivity contribution in [2.45, 2.75) is 19.4 Å². The van der Waals surface area contributed by atoms with Gasteiger partial charge in [-0.05, 0) is 43.3 Å². The molecule has 2 heterocycles. The summed E-state index contributed by atoms with van der Waals surface area (Å²) in [6.07, 6.45) is -1.73. The van der Waals surface area contributed by atoms with Crippen LogP contribution in [0.25, 0.3) is 0 Å². The van der Waals surface area contributed by atoms with Gasteiger partial charge in [-0.3, -0.25) is 14.6 Å². The number of nitrogen functional groups attached to an aromatic ring is 1. The maximum atomic E-state index is 13.3. The summed E-state index contributed by atoms with van der Waals surface area (Å²) in [5, 5.41) is 0.164. The van der Waals surface area contributed by atoms with Crippen molar-refractivity contribution in [2.24, 2.45) is 5.73 Å². The number of pyridine rings is 1. The summed E-state index contributed by atoms with van der Waals surface area (Å²) in [7, 11) is 0. The van der Waals surface area contributed by atoms with Crippen LogP contribution >= 0.6 is 11.3 Å². The molecule has 3 aromatic rings. The number of carbonyl (C=O) groups is 2. The Morgan fingerprint density at radius 2 is 1.83 bits per heavy atom. The Morgan fingerprint density at radius 1 is 1.17 bits per heavy atom. The molecular weight excluding hydrogens is 419 g/mol. The smallest absolute Gasteiger partial charge is 0.280 e. The van der Waals surface area contributed by atoms with Crippen LogP contribution in [0.3, 0.4) is 0 Å². The minimum absolute atomic E-state index is 0.000184. The van der Waals surface area contributed by atoms with Crippen LogP contribution in [0, 0.1) is 5.82 Å². The summed E-state index contributed by atoms with van der Waals surface area (Å²) in [6, 6.07) is 6.61. The number of anilines is 3. The van der Waals surface area contributed by atoms with Crippen LogP contribution in [0.5, 0.6) is 0 Å². The van der Waals surface area contributed by atoms with Crippen molar-refractivity contribution in [1.82, 2.24) is 9.97 Å². The van der Waals surface area contributed by atoms with Crippen molar-refractivity contribution >= 4 is 39.7 Å². The molecule has 0 saturated carbocycles. The Kier molecular flexibility index (Phi) is 6.01. The van der Waals surface area contributed by atoms with E-state index in [0.717, 1.165) is 23.6 Å². The molecule has 0 radical (unpaired) electrons. The van der Waals surface area contributed by atoms with Crippen molar-refractivity contribution in [3.8, 4) is 0 Å². The standard InChI is InChI=1S/C19H16F3N5O2S/c1-9(18(24)29)27(12-4-2-11(20)3-5-12)19-26-17(23)15(30-19)14(28)10-6-7-25-13(8-10)16(21)22/h2-9,16H,23H2,1H3,(H2,24,29). The van der Waals surface area contributed by atoms with Gasteiger partial charge in [0.15, 0.2) is 5.13 Å². The van der Waals surface area contributed by atoms with Gasteiger partial charge in [-0.15, -0.1) is 0 Å². The minimum atomic E-state index is -2.84. The maximum absolute atomic E-state index is 13.3. The lowest BCUT2D eigenvalue weighted by molar-refractivity contribution is -0.118. The normalized spacial score (nSPS) is 12.0. The van der Waals surface area contributed by atoms with Crippen LogP contribution < -0.4 is 16.4 Å². The van der Waals surface area contributed by atoms with Crippen LogP contribution in [-0.4, -0.2) is 27.7 Å². The van der Waals surface area contributed by atoms with Crippen LogP contribution in [0.2, 0.25) is 0 Å². The van der Waals surface area contributed by atoms with Gasteiger partial charge in [0, 0.05) is 17.4 Å². The van der Waals surface area contributed by atoms with E-state index in [1.165, 1.54) is 42.2 Å². The third-order valence-electron chi connectivity index (χ3n) is 4.23. The number of alkyl halides is 2. The molecule has 0 aliphatic rings. The topological polar surface area (TPSA) is 115 Å². The highest BCUT2D eigenvalue weighted by Crippen LogP contribution is 2.36. The summed E-state index contributed by atoms with van der Waals surface area (Å²) in [6.45, 7) is 1.52. The largest absolute Gasteiger partial charge is 0.382 e. The van der Waals surface area contributed by atoms with E-state index < -0.39 is 35.7 Å². The lowest BCUT2D eigenvalue weighted by atomic mass is 10.1. The quantitative estimate of drug-likeness (QED) is 0.550. The minimum Gasteiger partial charge on any atom is -0.382 e. The molecule has 1 unspecified atom stereocenters. The maximum Gasteiger partial charge on any atom is 0.280 e. The summed E-state index contributed by atoms with van der Waals surface area (Å²) < 4.78 is 39.1. The molecule has 1 amide bonds. The third-order valence-corrected chi connectivity index (χ3v) is 5.29. The first-order valence-electron chi connectivity index (χ1n) is 8.58. The molecule has 4 N–H and O–H groups in total. The second-order valence-electron chi connectivity index (χ2n) is 6.23. The van der Waals surface area contributed by atoms with Gasteiger partial charge in [0.25, 0.3) is 6.43 Å². The van der Waals surface area contributed by atoms with Gasteiger partial charge >= 0.3 is 0 Å². The van der Waals surface area contributed by atoms with E-state index in [2.05, 4.69) is 9.97 Å². The number of rotatable bonds is 7. The number of nitrogens with zero attached hydrogens (tertiary/aromatic N) is 3. The first-order valence-corrected chi connectivity index (χ1v) is 9.40. The first-order chi connectivity index (χ1) is 14.2. The van der Waals surface area contributed by atoms with E-state index in [1.54, 1.807) is 0 Å². The number of hydrogen-bond acceptors (Lipinski definition) is 7. The van der Waals surface area contributed by atoms with Gasteiger partial charge in [0.05, 0.1) is 0 Å². The summed E-state index contributed by atoms with van der Waals surface area (Å²) in [4.78, 5) is 33.7. The number of halogens is 3. The molecule has 0 spiro atoms. The molecule has 3 rings (SSSR count). The zero-order chi connectivity index (χ0) is 22.0. The summed E-state index contributed by atoms with van der Waals surface area (Å²) >= 11 is 0.860. The molecule has 156 valence electrons. The average Bonchev–Trinajstić information content (AvgIpc) is 3.10. The van der Waals surface area contributed by atoms with E-state index >= 15 is 0 Å². The molecular formula is C19H16F3N5O2S. The fourth-order valence-corrected chi connectivity index (χ4v) is 3.70. The molecule has 1 atom stereocenters. The van der Waals surface area contributed by atoms with Crippen molar-refractivity contribution in [2.75, 3.05) is 10.6 Å². The molecule has 0 fully saturated rings. The number of carbonyl (C=O) groups excluding carboxylic acids is 2. The highest BCUT2D eigenvalue weighted by molar-refractivity contribution is 7.18. The number of aromatic nitrogens is 2. The van der Waals surface area contributed by atoms with Gasteiger partial charge in [-0.25, -0.2) is 18.2 Å². The summed E-state index contributed by atoms with van der Waals surface area (Å²) in [5.41, 5.74) is 11.2. The van der Waals surface area contributed by atoms with E-state index in [4.69, 9.17) is 11.5 Å². The van der Waals surface area contributed by atoms with E-state index in [-0.39, 0.29) is 21.4 Å². The SMILES string of the molecule is CC(C(N)=O)N(c1ccc(F)cc1)c1nc(N)c(C(=O)c2ccnc(C(F)F)c2)s1. The number of thiazole rings is 1. The zero-order valence-corrected chi connectivity index (χ0v) is 16.4. The molecule has 0 bridgehead atoms. The molecule has 7 nitrogen and oxygen atoms in total. The first kappa shape index (κ1) is 21.2. The Bertz CT molecular complexity index is 1090. The molecule has 0 saturated heterocycles. The highest BCUT2D eigenvalue weighted by Gasteiger charge is 2.27. The lowest BCUT2D eigenvalue weighted by Crippen LogP contribution is -2.39. The van der Waals surface area contributed by atoms with Crippen molar-refractivity contribution in [3.63, 3.8) is 0 Å². The molecule has 30 heavy (non-hydrogen) atoms. The van der Waals surface area contributed by atoms with Gasteiger partial charge in [-0.2, -0.15) is 0 Å². The van der Waals surface area contributed by atoms with Crippen molar-refractivity contribution in [1.29, 1.82) is 0 Å². The van der Waals surface area contributed by atoms with Crippen molar-refractivity contribution in [3.05, 3.63) is 64.5 Å². The Morgan fingerprint density at radius 3 is 2.43 bits per heavy atom. The monoisotopic (exact) mass is 435 g/mol.